The molecule has 0 N–H and O–H groups in total. The first kappa shape index (κ1) is 15.5. The molecular weight excluding hydrogens is 266 g/mol. The van der Waals surface area contributed by atoms with Gasteiger partial charge >= 0.3 is 0 Å². The van der Waals surface area contributed by atoms with Crippen LogP contribution in [0.1, 0.15) is 12.8 Å². The lowest BCUT2D eigenvalue weighted by Gasteiger charge is -2.25. The van der Waals surface area contributed by atoms with Crippen LogP contribution in [0.4, 0.5) is 5.69 Å². The summed E-state index contributed by atoms with van der Waals surface area (Å²) >= 11 is 0. The van der Waals surface area contributed by atoms with Crippen molar-refractivity contribution >= 4 is 5.69 Å². The Bertz CT molecular complexity index is 490. The van der Waals surface area contributed by atoms with E-state index in [0.717, 1.165) is 43.2 Å². The van der Waals surface area contributed by atoms with Crippen molar-refractivity contribution < 1.29 is 9.47 Å². The van der Waals surface area contributed by atoms with Gasteiger partial charge in [0, 0.05) is 56.0 Å². The Labute approximate surface area is 126 Å². The zero-order chi connectivity index (χ0) is 15.2. The molecule has 0 aromatic heterocycles. The van der Waals surface area contributed by atoms with Crippen LogP contribution in [0, 0.1) is 11.3 Å². The SMILES string of the molecule is COc1cc(OC)cc(N2CC[C@@H](N(C)CCC#N)C2)c1. The maximum Gasteiger partial charge on any atom is 0.124 e. The molecule has 2 rings (SSSR count). The van der Waals surface area contributed by atoms with Crippen LogP contribution in [0.25, 0.3) is 0 Å². The molecule has 114 valence electrons. The third kappa shape index (κ3) is 3.79. The van der Waals surface area contributed by atoms with Gasteiger partial charge in [-0.15, -0.1) is 0 Å². The van der Waals surface area contributed by atoms with Crippen molar-refractivity contribution in [3.63, 3.8) is 0 Å². The second-order valence-corrected chi connectivity index (χ2v) is 5.35. The number of ether oxygens (including phenoxy) is 2. The van der Waals surface area contributed by atoms with Gasteiger partial charge in [0.15, 0.2) is 0 Å². The van der Waals surface area contributed by atoms with Crippen LogP contribution in [0.15, 0.2) is 18.2 Å². The van der Waals surface area contributed by atoms with Crippen molar-refractivity contribution in [1.29, 1.82) is 5.26 Å². The highest BCUT2D eigenvalue weighted by molar-refractivity contribution is 5.56. The molecule has 1 saturated heterocycles. The van der Waals surface area contributed by atoms with Crippen LogP contribution in [-0.4, -0.2) is 51.8 Å². The minimum Gasteiger partial charge on any atom is -0.497 e. The average Bonchev–Trinajstić information content (AvgIpc) is 3.02. The highest BCUT2D eigenvalue weighted by Gasteiger charge is 2.26. The summed E-state index contributed by atoms with van der Waals surface area (Å²) in [4.78, 5) is 4.62. The lowest BCUT2D eigenvalue weighted by Crippen LogP contribution is -2.35. The molecule has 0 saturated carbocycles. The Morgan fingerprint density at radius 3 is 2.52 bits per heavy atom. The fourth-order valence-corrected chi connectivity index (χ4v) is 2.72. The van der Waals surface area contributed by atoms with Gasteiger partial charge in [0.25, 0.3) is 0 Å². The van der Waals surface area contributed by atoms with Gasteiger partial charge in [0.2, 0.25) is 0 Å². The molecule has 1 aliphatic rings. The number of rotatable bonds is 6. The maximum atomic E-state index is 8.69. The molecule has 1 aromatic rings. The number of nitrogens with zero attached hydrogens (tertiary/aromatic N) is 3. The van der Waals surface area contributed by atoms with E-state index in [1.54, 1.807) is 14.2 Å². The quantitative estimate of drug-likeness (QED) is 0.803. The summed E-state index contributed by atoms with van der Waals surface area (Å²) < 4.78 is 10.7. The molecule has 0 unspecified atom stereocenters. The number of benzene rings is 1. The fourth-order valence-electron chi connectivity index (χ4n) is 2.72. The third-order valence-electron chi connectivity index (χ3n) is 4.06. The molecule has 1 fully saturated rings. The summed E-state index contributed by atoms with van der Waals surface area (Å²) in [5.74, 6) is 1.62. The van der Waals surface area contributed by atoms with Gasteiger partial charge in [0.05, 0.1) is 20.3 Å². The third-order valence-corrected chi connectivity index (χ3v) is 4.06. The summed E-state index contributed by atoms with van der Waals surface area (Å²) in [6, 6.07) is 8.67. The van der Waals surface area contributed by atoms with E-state index in [9.17, 15) is 0 Å². The lowest BCUT2D eigenvalue weighted by molar-refractivity contribution is 0.264. The lowest BCUT2D eigenvalue weighted by atomic mass is 10.2. The van der Waals surface area contributed by atoms with Crippen LogP contribution >= 0.6 is 0 Å². The molecule has 21 heavy (non-hydrogen) atoms. The molecule has 0 spiro atoms. The Morgan fingerprint density at radius 2 is 1.95 bits per heavy atom. The van der Waals surface area contributed by atoms with Crippen LogP contribution in [0.3, 0.4) is 0 Å². The predicted octanol–water partition coefficient (Wildman–Crippen LogP) is 2.13. The van der Waals surface area contributed by atoms with Crippen molar-refractivity contribution in [1.82, 2.24) is 4.90 Å². The monoisotopic (exact) mass is 289 g/mol. The number of hydrogen-bond acceptors (Lipinski definition) is 5. The number of hydrogen-bond donors (Lipinski definition) is 0. The smallest absolute Gasteiger partial charge is 0.124 e. The summed E-state index contributed by atoms with van der Waals surface area (Å²) in [6.07, 6.45) is 1.70. The van der Waals surface area contributed by atoms with Crippen molar-refractivity contribution in [2.75, 3.05) is 45.8 Å². The number of methoxy groups -OCH3 is 2. The first-order valence-corrected chi connectivity index (χ1v) is 7.23. The molecule has 0 aliphatic carbocycles. The predicted molar refractivity (Wildman–Crippen MR) is 83.0 cm³/mol. The molecule has 1 heterocycles. The Kier molecular flexibility index (Phi) is 5.29. The highest BCUT2D eigenvalue weighted by atomic mass is 16.5. The van der Waals surface area contributed by atoms with Crippen molar-refractivity contribution in [3.8, 4) is 17.6 Å². The second-order valence-electron chi connectivity index (χ2n) is 5.35. The summed E-state index contributed by atoms with van der Waals surface area (Å²) in [5.41, 5.74) is 1.13. The molecule has 1 aromatic carbocycles. The normalized spacial score (nSPS) is 17.9. The van der Waals surface area contributed by atoms with Gasteiger partial charge < -0.3 is 19.3 Å². The van der Waals surface area contributed by atoms with Gasteiger partial charge in [-0.05, 0) is 13.5 Å². The van der Waals surface area contributed by atoms with Gasteiger partial charge in [0.1, 0.15) is 11.5 Å². The summed E-state index contributed by atoms with van der Waals surface area (Å²) in [7, 11) is 5.43. The van der Waals surface area contributed by atoms with E-state index in [1.165, 1.54) is 0 Å². The van der Waals surface area contributed by atoms with Gasteiger partial charge in [-0.1, -0.05) is 0 Å². The average molecular weight is 289 g/mol. The first-order chi connectivity index (χ1) is 10.2. The zero-order valence-electron chi connectivity index (χ0n) is 13.0. The van der Waals surface area contributed by atoms with Crippen molar-refractivity contribution in [3.05, 3.63) is 18.2 Å². The number of likely N-dealkylation sites (N-methyl/N-ethyl adjacent to an activating group) is 1. The topological polar surface area (TPSA) is 48.7 Å². The molecule has 1 aliphatic heterocycles. The van der Waals surface area contributed by atoms with Crippen LogP contribution in [-0.2, 0) is 0 Å². The number of nitriles is 1. The highest BCUT2D eigenvalue weighted by Crippen LogP contribution is 2.31. The van der Waals surface area contributed by atoms with E-state index in [0.29, 0.717) is 12.5 Å². The molecule has 5 heteroatoms. The second kappa shape index (κ2) is 7.19. The zero-order valence-corrected chi connectivity index (χ0v) is 13.0. The Balaban J connectivity index is 2.05. The molecule has 0 amide bonds. The van der Waals surface area contributed by atoms with Crippen molar-refractivity contribution in [2.45, 2.75) is 18.9 Å². The maximum absolute atomic E-state index is 8.69. The van der Waals surface area contributed by atoms with E-state index in [2.05, 4.69) is 22.9 Å². The molecular formula is C16H23N3O2. The van der Waals surface area contributed by atoms with Crippen molar-refractivity contribution in [2.24, 2.45) is 0 Å². The molecule has 0 radical (unpaired) electrons. The van der Waals surface area contributed by atoms with E-state index in [4.69, 9.17) is 14.7 Å². The van der Waals surface area contributed by atoms with E-state index in [-0.39, 0.29) is 0 Å². The molecule has 0 bridgehead atoms. The Hall–Kier alpha value is -1.93. The Morgan fingerprint density at radius 1 is 1.29 bits per heavy atom. The molecule has 5 nitrogen and oxygen atoms in total. The summed E-state index contributed by atoms with van der Waals surface area (Å²) in [5, 5.41) is 8.69. The van der Waals surface area contributed by atoms with Crippen LogP contribution in [0.5, 0.6) is 11.5 Å². The van der Waals surface area contributed by atoms with E-state index in [1.807, 2.05) is 18.2 Å². The largest absolute Gasteiger partial charge is 0.497 e. The van der Waals surface area contributed by atoms with E-state index >= 15 is 0 Å². The number of anilines is 1. The van der Waals surface area contributed by atoms with E-state index < -0.39 is 0 Å². The van der Waals surface area contributed by atoms with Gasteiger partial charge in [-0.25, -0.2) is 0 Å². The van der Waals surface area contributed by atoms with Crippen LogP contribution in [0.2, 0.25) is 0 Å². The van der Waals surface area contributed by atoms with Gasteiger partial charge in [-0.3, -0.25) is 0 Å². The van der Waals surface area contributed by atoms with Gasteiger partial charge in [-0.2, -0.15) is 5.26 Å². The standard InChI is InChI=1S/C16H23N3O2/c1-18(7-4-6-17)13-5-8-19(12-13)14-9-15(20-2)11-16(10-14)21-3/h9-11,13H,4-5,7-8,12H2,1-3H3/t13-/m1/s1. The summed E-state index contributed by atoms with van der Waals surface area (Å²) in [6.45, 7) is 2.81. The fraction of sp³-hybridized carbons (Fsp3) is 0.562. The minimum atomic E-state index is 0.496. The molecule has 1 atom stereocenters. The first-order valence-electron chi connectivity index (χ1n) is 7.23. The van der Waals surface area contributed by atoms with Crippen LogP contribution < -0.4 is 14.4 Å². The minimum absolute atomic E-state index is 0.496.